The molecule has 0 spiro atoms. The molecule has 98 valence electrons. The molecular formula is C11H26N2O2S. The highest BCUT2D eigenvalue weighted by atomic mass is 32.2. The van der Waals surface area contributed by atoms with E-state index in [0.717, 1.165) is 19.5 Å². The minimum Gasteiger partial charge on any atom is -0.317 e. The molecule has 0 bridgehead atoms. The van der Waals surface area contributed by atoms with Gasteiger partial charge in [-0.15, -0.1) is 0 Å². The second kappa shape index (κ2) is 8.03. The molecular weight excluding hydrogens is 224 g/mol. The van der Waals surface area contributed by atoms with Crippen LogP contribution in [0.3, 0.4) is 0 Å². The Balaban J connectivity index is 4.27. The van der Waals surface area contributed by atoms with Gasteiger partial charge in [0.1, 0.15) is 0 Å². The third kappa shape index (κ3) is 5.27. The fourth-order valence-corrected chi connectivity index (χ4v) is 3.49. The summed E-state index contributed by atoms with van der Waals surface area (Å²) in [5, 5.41) is 3.14. The van der Waals surface area contributed by atoms with E-state index in [1.54, 1.807) is 4.31 Å². The van der Waals surface area contributed by atoms with Crippen molar-refractivity contribution in [2.45, 2.75) is 46.6 Å². The van der Waals surface area contributed by atoms with Crippen LogP contribution < -0.4 is 5.32 Å². The van der Waals surface area contributed by atoms with Crippen molar-refractivity contribution in [2.75, 3.05) is 25.4 Å². The van der Waals surface area contributed by atoms with Crippen LogP contribution in [0.15, 0.2) is 0 Å². The van der Waals surface area contributed by atoms with Gasteiger partial charge in [0.2, 0.25) is 10.0 Å². The Morgan fingerprint density at radius 2 is 1.88 bits per heavy atom. The van der Waals surface area contributed by atoms with E-state index >= 15 is 0 Å². The minimum atomic E-state index is -3.07. The molecule has 1 unspecified atom stereocenters. The first kappa shape index (κ1) is 15.9. The van der Waals surface area contributed by atoms with Crippen molar-refractivity contribution in [3.05, 3.63) is 0 Å². The lowest BCUT2D eigenvalue weighted by atomic mass is 10.3. The molecule has 0 saturated carbocycles. The van der Waals surface area contributed by atoms with Gasteiger partial charge in [0.05, 0.1) is 5.75 Å². The summed E-state index contributed by atoms with van der Waals surface area (Å²) in [5.74, 6) is 0.248. The van der Waals surface area contributed by atoms with E-state index in [0.29, 0.717) is 13.0 Å². The Morgan fingerprint density at radius 1 is 1.25 bits per heavy atom. The standard InChI is InChI=1S/C11H26N2O2S/c1-5-11(4)13(7-3)16(14,15)10-8-9-12-6-2/h11-12H,5-10H2,1-4H3. The first-order valence-corrected chi connectivity index (χ1v) is 7.80. The number of hydrogen-bond acceptors (Lipinski definition) is 3. The molecule has 0 amide bonds. The number of nitrogens with one attached hydrogen (secondary N) is 1. The molecule has 4 nitrogen and oxygen atoms in total. The Labute approximate surface area is 100 Å². The average Bonchev–Trinajstić information content (AvgIpc) is 2.24. The molecule has 0 aliphatic rings. The Kier molecular flexibility index (Phi) is 7.97. The van der Waals surface area contributed by atoms with Gasteiger partial charge < -0.3 is 5.32 Å². The van der Waals surface area contributed by atoms with E-state index in [2.05, 4.69) is 5.32 Å². The number of hydrogen-bond donors (Lipinski definition) is 1. The summed E-state index contributed by atoms with van der Waals surface area (Å²) in [6.45, 7) is 10.1. The van der Waals surface area contributed by atoms with Crippen LogP contribution in [0, 0.1) is 0 Å². The molecule has 0 rings (SSSR count). The Bertz CT molecular complexity index is 265. The van der Waals surface area contributed by atoms with Crippen LogP contribution in [0.2, 0.25) is 0 Å². The number of rotatable bonds is 9. The maximum atomic E-state index is 12.0. The van der Waals surface area contributed by atoms with Gasteiger partial charge in [-0.25, -0.2) is 8.42 Å². The monoisotopic (exact) mass is 250 g/mol. The van der Waals surface area contributed by atoms with E-state index in [-0.39, 0.29) is 11.8 Å². The first-order chi connectivity index (χ1) is 7.49. The highest BCUT2D eigenvalue weighted by Crippen LogP contribution is 2.10. The summed E-state index contributed by atoms with van der Waals surface area (Å²) in [5.41, 5.74) is 0. The summed E-state index contributed by atoms with van der Waals surface area (Å²) in [6.07, 6.45) is 1.55. The summed E-state index contributed by atoms with van der Waals surface area (Å²) < 4.78 is 25.7. The lowest BCUT2D eigenvalue weighted by Crippen LogP contribution is -2.40. The molecule has 16 heavy (non-hydrogen) atoms. The quantitative estimate of drug-likeness (QED) is 0.630. The zero-order chi connectivity index (χ0) is 12.6. The number of nitrogens with zero attached hydrogens (tertiary/aromatic N) is 1. The SMILES string of the molecule is CCNCCCS(=O)(=O)N(CC)C(C)CC. The average molecular weight is 250 g/mol. The second-order valence-electron chi connectivity index (χ2n) is 3.98. The Morgan fingerprint density at radius 3 is 2.31 bits per heavy atom. The molecule has 0 fully saturated rings. The van der Waals surface area contributed by atoms with Crippen LogP contribution in [0.1, 0.15) is 40.5 Å². The topological polar surface area (TPSA) is 49.4 Å². The predicted octanol–water partition coefficient (Wildman–Crippen LogP) is 1.44. The van der Waals surface area contributed by atoms with Gasteiger partial charge in [-0.2, -0.15) is 4.31 Å². The van der Waals surface area contributed by atoms with Gasteiger partial charge in [0.25, 0.3) is 0 Å². The summed E-state index contributed by atoms with van der Waals surface area (Å²) in [4.78, 5) is 0. The lowest BCUT2D eigenvalue weighted by molar-refractivity contribution is 0.342. The highest BCUT2D eigenvalue weighted by molar-refractivity contribution is 7.89. The van der Waals surface area contributed by atoms with Crippen molar-refractivity contribution in [3.8, 4) is 0 Å². The summed E-state index contributed by atoms with van der Waals surface area (Å²) in [7, 11) is -3.07. The zero-order valence-electron chi connectivity index (χ0n) is 11.0. The molecule has 0 heterocycles. The molecule has 5 heteroatoms. The van der Waals surface area contributed by atoms with Crippen molar-refractivity contribution in [3.63, 3.8) is 0 Å². The maximum absolute atomic E-state index is 12.0. The highest BCUT2D eigenvalue weighted by Gasteiger charge is 2.23. The van der Waals surface area contributed by atoms with Crippen LogP contribution in [-0.4, -0.2) is 44.2 Å². The van der Waals surface area contributed by atoms with Crippen molar-refractivity contribution >= 4 is 10.0 Å². The fraction of sp³-hybridized carbons (Fsp3) is 1.00. The Hall–Kier alpha value is -0.130. The predicted molar refractivity (Wildman–Crippen MR) is 69.1 cm³/mol. The first-order valence-electron chi connectivity index (χ1n) is 6.19. The van der Waals surface area contributed by atoms with E-state index < -0.39 is 10.0 Å². The molecule has 0 aliphatic carbocycles. The third-order valence-corrected chi connectivity index (χ3v) is 4.89. The van der Waals surface area contributed by atoms with Crippen LogP contribution >= 0.6 is 0 Å². The van der Waals surface area contributed by atoms with Gasteiger partial charge in [-0.3, -0.25) is 0 Å². The van der Waals surface area contributed by atoms with E-state index in [1.807, 2.05) is 27.7 Å². The largest absolute Gasteiger partial charge is 0.317 e. The third-order valence-electron chi connectivity index (χ3n) is 2.76. The molecule has 0 aliphatic heterocycles. The molecule has 1 atom stereocenters. The van der Waals surface area contributed by atoms with Crippen LogP contribution in [0.5, 0.6) is 0 Å². The molecule has 0 aromatic carbocycles. The molecule has 1 N–H and O–H groups in total. The molecule has 0 saturated heterocycles. The summed E-state index contributed by atoms with van der Waals surface area (Å²) >= 11 is 0. The second-order valence-corrected chi connectivity index (χ2v) is 6.02. The van der Waals surface area contributed by atoms with Gasteiger partial charge >= 0.3 is 0 Å². The van der Waals surface area contributed by atoms with Crippen LogP contribution in [0.4, 0.5) is 0 Å². The number of sulfonamides is 1. The lowest BCUT2D eigenvalue weighted by Gasteiger charge is -2.26. The van der Waals surface area contributed by atoms with Crippen LogP contribution in [0.25, 0.3) is 0 Å². The zero-order valence-corrected chi connectivity index (χ0v) is 11.8. The van der Waals surface area contributed by atoms with E-state index in [1.165, 1.54) is 0 Å². The minimum absolute atomic E-state index is 0.106. The van der Waals surface area contributed by atoms with Crippen molar-refractivity contribution in [1.29, 1.82) is 0 Å². The van der Waals surface area contributed by atoms with Crippen molar-refractivity contribution in [1.82, 2.24) is 9.62 Å². The molecule has 0 aromatic heterocycles. The van der Waals surface area contributed by atoms with Crippen molar-refractivity contribution in [2.24, 2.45) is 0 Å². The van der Waals surface area contributed by atoms with Gasteiger partial charge in [0, 0.05) is 12.6 Å². The van der Waals surface area contributed by atoms with E-state index in [4.69, 9.17) is 0 Å². The van der Waals surface area contributed by atoms with Crippen molar-refractivity contribution < 1.29 is 8.42 Å². The van der Waals surface area contributed by atoms with E-state index in [9.17, 15) is 8.42 Å². The molecule has 0 aromatic rings. The molecule has 0 radical (unpaired) electrons. The van der Waals surface area contributed by atoms with Gasteiger partial charge in [-0.1, -0.05) is 20.8 Å². The fourth-order valence-electron chi connectivity index (χ4n) is 1.66. The summed E-state index contributed by atoms with van der Waals surface area (Å²) in [6, 6.07) is 0.106. The van der Waals surface area contributed by atoms with Gasteiger partial charge in [-0.05, 0) is 32.9 Å². The normalized spacial score (nSPS) is 14.3. The van der Waals surface area contributed by atoms with Crippen LogP contribution in [-0.2, 0) is 10.0 Å². The smallest absolute Gasteiger partial charge is 0.214 e. The maximum Gasteiger partial charge on any atom is 0.214 e. The van der Waals surface area contributed by atoms with Gasteiger partial charge in [0.15, 0.2) is 0 Å².